The minimum absolute atomic E-state index is 0.0189. The van der Waals surface area contributed by atoms with Crippen LogP contribution in [0.2, 0.25) is 0 Å². The smallest absolute Gasteiger partial charge is 0.335 e. The lowest BCUT2D eigenvalue weighted by Crippen LogP contribution is -2.42. The van der Waals surface area contributed by atoms with Gasteiger partial charge < -0.3 is 4.74 Å². The molecule has 160 valence electrons. The third-order valence-electron chi connectivity index (χ3n) is 4.90. The third-order valence-corrected chi connectivity index (χ3v) is 5.62. The highest BCUT2D eigenvalue weighted by Crippen LogP contribution is 2.20. The highest BCUT2D eigenvalue weighted by atomic mass is 79.9. The molecule has 0 N–H and O–H groups in total. The van der Waals surface area contributed by atoms with Crippen molar-refractivity contribution in [1.29, 1.82) is 0 Å². The van der Waals surface area contributed by atoms with Crippen molar-refractivity contribution in [3.8, 4) is 0 Å². The van der Waals surface area contributed by atoms with Crippen molar-refractivity contribution >= 4 is 28.0 Å². The van der Waals surface area contributed by atoms with Crippen molar-refractivity contribution in [2.45, 2.75) is 26.4 Å². The Balaban J connectivity index is 2.09. The van der Waals surface area contributed by atoms with Crippen LogP contribution in [0.15, 0.2) is 80.4 Å². The number of halogens is 1. The van der Waals surface area contributed by atoms with Gasteiger partial charge in [-0.15, -0.1) is 0 Å². The maximum absolute atomic E-state index is 13.2. The van der Waals surface area contributed by atoms with Gasteiger partial charge in [0.05, 0.1) is 25.8 Å². The van der Waals surface area contributed by atoms with Gasteiger partial charge in [0.15, 0.2) is 0 Å². The standard InChI is InChI=1S/C24H23BrN2O4/c1-3-18-15-26(24(30)27(22(18)28)14-17-9-5-4-6-10-17)16-20(23(29)31-2)13-19-11-7-8-12-21(19)25/h4-13,15H,3,14,16H2,1-2H3/b20-13+. The number of aryl methyl sites for hydroxylation is 1. The summed E-state index contributed by atoms with van der Waals surface area (Å²) < 4.78 is 8.35. The van der Waals surface area contributed by atoms with Crippen molar-refractivity contribution in [3.63, 3.8) is 0 Å². The number of esters is 1. The molecule has 0 atom stereocenters. The second-order valence-electron chi connectivity index (χ2n) is 6.98. The van der Waals surface area contributed by atoms with Gasteiger partial charge in [0.2, 0.25) is 0 Å². The van der Waals surface area contributed by atoms with Crippen molar-refractivity contribution in [1.82, 2.24) is 9.13 Å². The zero-order valence-corrected chi connectivity index (χ0v) is 19.0. The SMILES string of the molecule is CCc1cn(C/C(=C\c2ccccc2Br)C(=O)OC)c(=O)n(Cc2ccccc2)c1=O. The Morgan fingerprint density at radius 1 is 1.06 bits per heavy atom. The topological polar surface area (TPSA) is 70.3 Å². The second kappa shape index (κ2) is 10.2. The van der Waals surface area contributed by atoms with Gasteiger partial charge >= 0.3 is 11.7 Å². The lowest BCUT2D eigenvalue weighted by Gasteiger charge is -2.14. The molecule has 0 fully saturated rings. The number of ether oxygens (including phenoxy) is 1. The fraction of sp³-hybridized carbons (Fsp3) is 0.208. The van der Waals surface area contributed by atoms with Crippen LogP contribution in [0.4, 0.5) is 0 Å². The molecule has 3 rings (SSSR count). The largest absolute Gasteiger partial charge is 0.466 e. The van der Waals surface area contributed by atoms with Gasteiger partial charge in [0.25, 0.3) is 5.56 Å². The molecule has 0 bridgehead atoms. The molecular weight excluding hydrogens is 460 g/mol. The van der Waals surface area contributed by atoms with E-state index >= 15 is 0 Å². The van der Waals surface area contributed by atoms with Crippen LogP contribution in [-0.2, 0) is 29.0 Å². The number of benzene rings is 2. The third kappa shape index (κ3) is 5.30. The van der Waals surface area contributed by atoms with Crippen LogP contribution >= 0.6 is 15.9 Å². The summed E-state index contributed by atoms with van der Waals surface area (Å²) in [6.07, 6.45) is 3.68. The van der Waals surface area contributed by atoms with E-state index in [2.05, 4.69) is 15.9 Å². The Morgan fingerprint density at radius 3 is 2.39 bits per heavy atom. The van der Waals surface area contributed by atoms with Gasteiger partial charge in [-0.1, -0.05) is 71.4 Å². The zero-order valence-electron chi connectivity index (χ0n) is 17.4. The molecule has 0 unspecified atom stereocenters. The van der Waals surface area contributed by atoms with Crippen molar-refractivity contribution in [3.05, 3.63) is 108 Å². The summed E-state index contributed by atoms with van der Waals surface area (Å²) in [6.45, 7) is 2.00. The summed E-state index contributed by atoms with van der Waals surface area (Å²) in [6, 6.07) is 16.8. The van der Waals surface area contributed by atoms with Crippen LogP contribution in [-0.4, -0.2) is 22.2 Å². The van der Waals surface area contributed by atoms with Crippen LogP contribution < -0.4 is 11.2 Å². The zero-order chi connectivity index (χ0) is 22.4. The fourth-order valence-electron chi connectivity index (χ4n) is 3.24. The van der Waals surface area contributed by atoms with E-state index in [1.165, 1.54) is 22.4 Å². The molecule has 7 heteroatoms. The monoisotopic (exact) mass is 482 g/mol. The van der Waals surface area contributed by atoms with Crippen LogP contribution in [0.25, 0.3) is 6.08 Å². The molecule has 0 radical (unpaired) electrons. The number of hydrogen-bond donors (Lipinski definition) is 0. The Hall–Kier alpha value is -3.19. The van der Waals surface area contributed by atoms with E-state index in [0.29, 0.717) is 17.6 Å². The van der Waals surface area contributed by atoms with E-state index in [4.69, 9.17) is 4.74 Å². The Bertz CT molecular complexity index is 1230. The molecule has 0 aliphatic carbocycles. The molecule has 0 saturated carbocycles. The summed E-state index contributed by atoms with van der Waals surface area (Å²) in [5.41, 5.74) is 1.63. The Morgan fingerprint density at radius 2 is 1.74 bits per heavy atom. The Labute approximate surface area is 188 Å². The predicted octanol–water partition coefficient (Wildman–Crippen LogP) is 3.64. The summed E-state index contributed by atoms with van der Waals surface area (Å²) in [5.74, 6) is -0.540. The number of hydrogen-bond acceptors (Lipinski definition) is 4. The number of aromatic nitrogens is 2. The lowest BCUT2D eigenvalue weighted by molar-refractivity contribution is -0.136. The molecule has 0 aliphatic heterocycles. The van der Waals surface area contributed by atoms with Gasteiger partial charge in [-0.3, -0.25) is 13.9 Å². The van der Waals surface area contributed by atoms with Gasteiger partial charge in [0.1, 0.15) is 0 Å². The summed E-state index contributed by atoms with van der Waals surface area (Å²) in [7, 11) is 1.30. The van der Waals surface area contributed by atoms with E-state index < -0.39 is 11.7 Å². The molecule has 0 spiro atoms. The first-order valence-electron chi connectivity index (χ1n) is 9.85. The first kappa shape index (κ1) is 22.5. The van der Waals surface area contributed by atoms with Gasteiger partial charge in [-0.05, 0) is 29.7 Å². The molecule has 3 aromatic rings. The predicted molar refractivity (Wildman–Crippen MR) is 124 cm³/mol. The van der Waals surface area contributed by atoms with Gasteiger partial charge in [0, 0.05) is 16.2 Å². The number of carbonyl (C=O) groups is 1. The Kier molecular flexibility index (Phi) is 7.41. The molecule has 2 aromatic carbocycles. The minimum Gasteiger partial charge on any atom is -0.466 e. The first-order chi connectivity index (χ1) is 14.9. The van der Waals surface area contributed by atoms with E-state index in [0.717, 1.165) is 15.6 Å². The minimum atomic E-state index is -0.540. The van der Waals surface area contributed by atoms with E-state index in [-0.39, 0.29) is 18.6 Å². The first-order valence-corrected chi connectivity index (χ1v) is 10.6. The van der Waals surface area contributed by atoms with E-state index in [9.17, 15) is 14.4 Å². The van der Waals surface area contributed by atoms with Crippen LogP contribution in [0.5, 0.6) is 0 Å². The van der Waals surface area contributed by atoms with Crippen LogP contribution in [0.1, 0.15) is 23.6 Å². The summed E-state index contributed by atoms with van der Waals surface area (Å²) >= 11 is 3.47. The molecule has 0 saturated heterocycles. The molecular formula is C24H23BrN2O4. The van der Waals surface area contributed by atoms with Crippen LogP contribution in [0, 0.1) is 0 Å². The van der Waals surface area contributed by atoms with E-state index in [1.807, 2.05) is 61.5 Å². The lowest BCUT2D eigenvalue weighted by atomic mass is 10.1. The second-order valence-corrected chi connectivity index (χ2v) is 7.83. The average Bonchev–Trinajstić information content (AvgIpc) is 2.79. The van der Waals surface area contributed by atoms with E-state index in [1.54, 1.807) is 6.08 Å². The highest BCUT2D eigenvalue weighted by molar-refractivity contribution is 9.10. The fourth-order valence-corrected chi connectivity index (χ4v) is 3.64. The maximum Gasteiger partial charge on any atom is 0.335 e. The van der Waals surface area contributed by atoms with Crippen molar-refractivity contribution in [2.75, 3.05) is 7.11 Å². The summed E-state index contributed by atoms with van der Waals surface area (Å²) in [5, 5.41) is 0. The van der Waals surface area contributed by atoms with Crippen LogP contribution in [0.3, 0.4) is 0 Å². The number of nitrogens with zero attached hydrogens (tertiary/aromatic N) is 2. The highest BCUT2D eigenvalue weighted by Gasteiger charge is 2.16. The molecule has 0 aliphatic rings. The molecule has 1 aromatic heterocycles. The summed E-state index contributed by atoms with van der Waals surface area (Å²) in [4.78, 5) is 38.4. The normalized spacial score (nSPS) is 11.4. The van der Waals surface area contributed by atoms with Crippen molar-refractivity contribution in [2.24, 2.45) is 0 Å². The molecule has 6 nitrogen and oxygen atoms in total. The molecule has 31 heavy (non-hydrogen) atoms. The van der Waals surface area contributed by atoms with Crippen molar-refractivity contribution < 1.29 is 9.53 Å². The quantitative estimate of drug-likeness (QED) is 0.380. The van der Waals surface area contributed by atoms with Gasteiger partial charge in [-0.2, -0.15) is 0 Å². The molecule has 0 amide bonds. The molecule has 1 heterocycles. The number of carbonyl (C=O) groups excluding carboxylic acids is 1. The van der Waals surface area contributed by atoms with Gasteiger partial charge in [-0.25, -0.2) is 9.59 Å². The number of methoxy groups -OCH3 is 1. The average molecular weight is 483 g/mol. The maximum atomic E-state index is 13.2. The number of rotatable bonds is 7.